The van der Waals surface area contributed by atoms with Gasteiger partial charge in [-0.05, 0) is 42.7 Å². The first-order chi connectivity index (χ1) is 15.8. The third-order valence-corrected chi connectivity index (χ3v) is 5.69. The molecular formula is C27H24N2O3. The number of Topliss-reactive ketones (excluding diaryl/α,β-unsaturated/α-hetero) is 1. The number of carbonyl (C=O) groups excluding carboxylic acids is 1. The van der Waals surface area contributed by atoms with Crippen LogP contribution >= 0.6 is 0 Å². The fourth-order valence-electron chi connectivity index (χ4n) is 4.12. The number of ketones is 1. The van der Waals surface area contributed by atoms with Crippen molar-refractivity contribution < 1.29 is 14.3 Å². The summed E-state index contributed by atoms with van der Waals surface area (Å²) in [6, 6.07) is 23.4. The van der Waals surface area contributed by atoms with E-state index in [1.54, 1.807) is 6.20 Å². The Hall–Kier alpha value is -3.86. The number of carbonyl (C=O) groups is 1. The quantitative estimate of drug-likeness (QED) is 0.390. The molecule has 1 aliphatic rings. The number of benzene rings is 3. The van der Waals surface area contributed by atoms with Crippen molar-refractivity contribution in [2.24, 2.45) is 0 Å². The SMILES string of the molecule is O=C1CCCc2c1ccc(O[C@@H](Cc1ncc[nH]1)c1ccccc1)c2Oc1ccccc1. The van der Waals surface area contributed by atoms with Crippen LogP contribution in [0.25, 0.3) is 0 Å². The molecule has 0 aliphatic heterocycles. The summed E-state index contributed by atoms with van der Waals surface area (Å²) in [5.41, 5.74) is 2.70. The summed E-state index contributed by atoms with van der Waals surface area (Å²) >= 11 is 0. The van der Waals surface area contributed by atoms with Gasteiger partial charge in [0.15, 0.2) is 17.3 Å². The van der Waals surface area contributed by atoms with Crippen LogP contribution in [0.4, 0.5) is 0 Å². The van der Waals surface area contributed by atoms with Crippen molar-refractivity contribution in [3.05, 3.63) is 108 Å². The molecule has 1 heterocycles. The second-order valence-electron chi connectivity index (χ2n) is 7.87. The number of hydrogen-bond acceptors (Lipinski definition) is 4. The number of hydrogen-bond donors (Lipinski definition) is 1. The Morgan fingerprint density at radius 3 is 2.47 bits per heavy atom. The molecule has 0 amide bonds. The Labute approximate surface area is 187 Å². The molecular weight excluding hydrogens is 400 g/mol. The topological polar surface area (TPSA) is 64.2 Å². The van der Waals surface area contributed by atoms with E-state index in [2.05, 4.69) is 9.97 Å². The van der Waals surface area contributed by atoms with Gasteiger partial charge in [0, 0.05) is 36.4 Å². The van der Waals surface area contributed by atoms with Gasteiger partial charge >= 0.3 is 0 Å². The van der Waals surface area contributed by atoms with E-state index in [1.165, 1.54) is 0 Å². The lowest BCUT2D eigenvalue weighted by Gasteiger charge is -2.25. The van der Waals surface area contributed by atoms with Crippen LogP contribution in [0.5, 0.6) is 17.2 Å². The second kappa shape index (κ2) is 9.10. The van der Waals surface area contributed by atoms with Crippen LogP contribution in [-0.4, -0.2) is 15.8 Å². The Bertz CT molecular complexity index is 1190. The largest absolute Gasteiger partial charge is 0.481 e. The maximum atomic E-state index is 12.5. The molecule has 160 valence electrons. The van der Waals surface area contributed by atoms with Gasteiger partial charge in [0.05, 0.1) is 0 Å². The molecule has 1 N–H and O–H groups in total. The van der Waals surface area contributed by atoms with Crippen LogP contribution in [0.1, 0.15) is 46.3 Å². The van der Waals surface area contributed by atoms with Crippen LogP contribution in [-0.2, 0) is 12.8 Å². The first-order valence-corrected chi connectivity index (χ1v) is 10.9. The van der Waals surface area contributed by atoms with Gasteiger partial charge < -0.3 is 14.5 Å². The van der Waals surface area contributed by atoms with Crippen molar-refractivity contribution >= 4 is 5.78 Å². The summed E-state index contributed by atoms with van der Waals surface area (Å²) in [4.78, 5) is 20.1. The van der Waals surface area contributed by atoms with Gasteiger partial charge in [0.2, 0.25) is 0 Å². The summed E-state index contributed by atoms with van der Waals surface area (Å²) in [6.45, 7) is 0. The summed E-state index contributed by atoms with van der Waals surface area (Å²) in [5, 5.41) is 0. The van der Waals surface area contributed by atoms with E-state index in [9.17, 15) is 4.79 Å². The number of rotatable bonds is 7. The molecule has 0 fully saturated rings. The van der Waals surface area contributed by atoms with E-state index < -0.39 is 0 Å². The smallest absolute Gasteiger partial charge is 0.173 e. The Kier molecular flexibility index (Phi) is 5.71. The monoisotopic (exact) mass is 424 g/mol. The fraction of sp³-hybridized carbons (Fsp3) is 0.185. The van der Waals surface area contributed by atoms with Gasteiger partial charge in [-0.2, -0.15) is 0 Å². The van der Waals surface area contributed by atoms with Crippen molar-refractivity contribution in [1.29, 1.82) is 0 Å². The van der Waals surface area contributed by atoms with Crippen molar-refractivity contribution in [3.63, 3.8) is 0 Å². The Morgan fingerprint density at radius 2 is 1.72 bits per heavy atom. The number of fused-ring (bicyclic) bond motifs is 1. The fourth-order valence-corrected chi connectivity index (χ4v) is 4.12. The third kappa shape index (κ3) is 4.28. The van der Waals surface area contributed by atoms with Crippen LogP contribution in [0, 0.1) is 0 Å². The molecule has 0 bridgehead atoms. The lowest BCUT2D eigenvalue weighted by atomic mass is 9.89. The number of para-hydroxylation sites is 1. The van der Waals surface area contributed by atoms with E-state index in [-0.39, 0.29) is 11.9 Å². The maximum Gasteiger partial charge on any atom is 0.173 e. The molecule has 32 heavy (non-hydrogen) atoms. The number of H-pyrrole nitrogens is 1. The van der Waals surface area contributed by atoms with Gasteiger partial charge in [-0.1, -0.05) is 48.5 Å². The standard InChI is InChI=1S/C27H24N2O3/c30-23-13-7-12-22-21(23)14-15-24(27(22)31-20-10-5-2-6-11-20)32-25(18-26-28-16-17-29-26)19-8-3-1-4-9-19/h1-6,8-11,14-17,25H,7,12-13,18H2,(H,28,29)/t25-/m0/s1. The number of nitrogens with zero attached hydrogens (tertiary/aromatic N) is 1. The summed E-state index contributed by atoms with van der Waals surface area (Å²) in [7, 11) is 0. The van der Waals surface area contributed by atoms with Crippen LogP contribution in [0.15, 0.2) is 85.2 Å². The first-order valence-electron chi connectivity index (χ1n) is 10.9. The van der Waals surface area contributed by atoms with Crippen LogP contribution in [0.2, 0.25) is 0 Å². The Balaban J connectivity index is 1.55. The van der Waals surface area contributed by atoms with Crippen molar-refractivity contribution in [2.45, 2.75) is 31.8 Å². The number of aromatic nitrogens is 2. The highest BCUT2D eigenvalue weighted by molar-refractivity contribution is 5.99. The van der Waals surface area contributed by atoms with Crippen LogP contribution in [0.3, 0.4) is 0 Å². The van der Waals surface area contributed by atoms with E-state index in [0.29, 0.717) is 30.1 Å². The minimum absolute atomic E-state index is 0.158. The van der Waals surface area contributed by atoms with Gasteiger partial charge in [-0.15, -0.1) is 0 Å². The van der Waals surface area contributed by atoms with Crippen molar-refractivity contribution in [3.8, 4) is 17.2 Å². The first kappa shape index (κ1) is 20.1. The molecule has 1 aromatic heterocycles. The molecule has 0 spiro atoms. The maximum absolute atomic E-state index is 12.5. The van der Waals surface area contributed by atoms with Gasteiger partial charge in [0.1, 0.15) is 17.7 Å². The van der Waals surface area contributed by atoms with Gasteiger partial charge in [0.25, 0.3) is 0 Å². The molecule has 0 saturated carbocycles. The summed E-state index contributed by atoms with van der Waals surface area (Å²) in [6.07, 6.45) is 6.04. The molecule has 4 aromatic rings. The zero-order chi connectivity index (χ0) is 21.8. The van der Waals surface area contributed by atoms with Crippen molar-refractivity contribution in [2.75, 3.05) is 0 Å². The molecule has 1 aliphatic carbocycles. The minimum Gasteiger partial charge on any atom is -0.481 e. The van der Waals surface area contributed by atoms with Crippen LogP contribution < -0.4 is 9.47 Å². The summed E-state index contributed by atoms with van der Waals surface area (Å²) in [5.74, 6) is 2.97. The Morgan fingerprint density at radius 1 is 0.938 bits per heavy atom. The summed E-state index contributed by atoms with van der Waals surface area (Å²) < 4.78 is 12.9. The van der Waals surface area contributed by atoms with Gasteiger partial charge in [-0.3, -0.25) is 4.79 Å². The molecule has 0 saturated heterocycles. The average Bonchev–Trinajstić information content (AvgIpc) is 3.35. The van der Waals surface area contributed by atoms with E-state index >= 15 is 0 Å². The highest BCUT2D eigenvalue weighted by Gasteiger charge is 2.26. The highest BCUT2D eigenvalue weighted by atomic mass is 16.5. The van der Waals surface area contributed by atoms with Gasteiger partial charge in [-0.25, -0.2) is 4.98 Å². The molecule has 5 rings (SSSR count). The zero-order valence-corrected chi connectivity index (χ0v) is 17.7. The minimum atomic E-state index is -0.266. The molecule has 0 radical (unpaired) electrons. The normalized spacial score (nSPS) is 13.9. The number of nitrogens with one attached hydrogen (secondary N) is 1. The molecule has 3 aromatic carbocycles. The number of aromatic amines is 1. The highest BCUT2D eigenvalue weighted by Crippen LogP contribution is 2.42. The molecule has 5 nitrogen and oxygen atoms in total. The molecule has 1 atom stereocenters. The van der Waals surface area contributed by atoms with Crippen molar-refractivity contribution in [1.82, 2.24) is 9.97 Å². The number of imidazole rings is 1. The molecule has 0 unspecified atom stereocenters. The number of ether oxygens (including phenoxy) is 2. The predicted octanol–water partition coefficient (Wildman–Crippen LogP) is 6.08. The second-order valence-corrected chi connectivity index (χ2v) is 7.87. The average molecular weight is 425 g/mol. The molecule has 5 heteroatoms. The lowest BCUT2D eigenvalue weighted by Crippen LogP contribution is -2.15. The van der Waals surface area contributed by atoms with E-state index in [0.717, 1.165) is 35.4 Å². The van der Waals surface area contributed by atoms with E-state index in [1.807, 2.05) is 79.0 Å². The third-order valence-electron chi connectivity index (χ3n) is 5.69. The van der Waals surface area contributed by atoms with E-state index in [4.69, 9.17) is 9.47 Å². The predicted molar refractivity (Wildman–Crippen MR) is 122 cm³/mol. The zero-order valence-electron chi connectivity index (χ0n) is 17.7. The lowest BCUT2D eigenvalue weighted by molar-refractivity contribution is 0.0971.